The highest BCUT2D eigenvalue weighted by Crippen LogP contribution is 2.29. The number of nitrogens with one attached hydrogen (secondary N) is 1. The number of aromatic nitrogens is 5. The Labute approximate surface area is 135 Å². The largest absolute Gasteiger partial charge is 0.345 e. The third kappa shape index (κ3) is 2.85. The number of aromatic amines is 1. The number of hydrogen-bond donors (Lipinski definition) is 1. The smallest absolute Gasteiger partial charge is 0.297 e. The molecule has 0 spiro atoms. The van der Waals surface area contributed by atoms with Crippen molar-refractivity contribution in [2.24, 2.45) is 5.92 Å². The lowest BCUT2D eigenvalue weighted by Gasteiger charge is -2.19. The Morgan fingerprint density at radius 3 is 2.74 bits per heavy atom. The van der Waals surface area contributed by atoms with Crippen LogP contribution in [0.5, 0.6) is 0 Å². The van der Waals surface area contributed by atoms with Gasteiger partial charge in [-0.1, -0.05) is 0 Å². The number of aryl methyl sites for hydroxylation is 2. The summed E-state index contributed by atoms with van der Waals surface area (Å²) in [4.78, 5) is 14.9. The second kappa shape index (κ2) is 5.63. The Balaban J connectivity index is 1.47. The lowest BCUT2D eigenvalue weighted by Crippen LogP contribution is -2.31. The first-order valence-corrected chi connectivity index (χ1v) is 8.51. The Kier molecular flexibility index (Phi) is 3.60. The molecule has 0 bridgehead atoms. The van der Waals surface area contributed by atoms with Crippen molar-refractivity contribution in [3.8, 4) is 0 Å². The zero-order chi connectivity index (χ0) is 16.0. The van der Waals surface area contributed by atoms with Gasteiger partial charge in [-0.25, -0.2) is 9.48 Å². The van der Waals surface area contributed by atoms with Gasteiger partial charge in [-0.15, -0.1) is 0 Å². The van der Waals surface area contributed by atoms with Crippen LogP contribution in [0.2, 0.25) is 0 Å². The van der Waals surface area contributed by atoms with Gasteiger partial charge in [0.25, 0.3) is 0 Å². The molecule has 0 amide bonds. The third-order valence-electron chi connectivity index (χ3n) is 5.08. The van der Waals surface area contributed by atoms with E-state index >= 15 is 0 Å². The Morgan fingerprint density at radius 1 is 1.22 bits per heavy atom. The SMILES string of the molecule is Cc1n[nH]c(C)c1CN1CCc2nn(CC3CC3)c(=O)n2CC1. The van der Waals surface area contributed by atoms with E-state index in [-0.39, 0.29) is 5.69 Å². The fourth-order valence-electron chi connectivity index (χ4n) is 3.36. The zero-order valence-electron chi connectivity index (χ0n) is 13.9. The summed E-state index contributed by atoms with van der Waals surface area (Å²) in [5.41, 5.74) is 3.55. The molecule has 7 heteroatoms. The molecule has 124 valence electrons. The number of fused-ring (bicyclic) bond motifs is 1. The van der Waals surface area contributed by atoms with Gasteiger partial charge in [-0.3, -0.25) is 14.6 Å². The molecule has 1 aliphatic carbocycles. The van der Waals surface area contributed by atoms with Crippen molar-refractivity contribution in [2.75, 3.05) is 13.1 Å². The summed E-state index contributed by atoms with van der Waals surface area (Å²) in [6, 6.07) is 0. The molecule has 4 rings (SSSR count). The van der Waals surface area contributed by atoms with Crippen LogP contribution < -0.4 is 5.69 Å². The molecule has 0 radical (unpaired) electrons. The summed E-state index contributed by atoms with van der Waals surface area (Å²) < 4.78 is 3.56. The highest BCUT2D eigenvalue weighted by atomic mass is 16.2. The molecule has 0 aromatic carbocycles. The number of rotatable bonds is 4. The molecule has 1 N–H and O–H groups in total. The van der Waals surface area contributed by atoms with Crippen molar-refractivity contribution in [3.05, 3.63) is 33.3 Å². The monoisotopic (exact) mass is 316 g/mol. The van der Waals surface area contributed by atoms with Gasteiger partial charge in [0.05, 0.1) is 5.69 Å². The van der Waals surface area contributed by atoms with Gasteiger partial charge in [-0.05, 0) is 32.6 Å². The zero-order valence-corrected chi connectivity index (χ0v) is 13.9. The maximum Gasteiger partial charge on any atom is 0.345 e. The van der Waals surface area contributed by atoms with E-state index in [1.54, 1.807) is 4.68 Å². The molecule has 1 fully saturated rings. The van der Waals surface area contributed by atoms with Crippen LogP contribution in [0.4, 0.5) is 0 Å². The first kappa shape index (κ1) is 14.7. The minimum absolute atomic E-state index is 0.0735. The molecular formula is C16H24N6O. The predicted octanol–water partition coefficient (Wildman–Crippen LogP) is 0.853. The highest BCUT2D eigenvalue weighted by Gasteiger charge is 2.26. The summed E-state index contributed by atoms with van der Waals surface area (Å²) >= 11 is 0. The van der Waals surface area contributed by atoms with Gasteiger partial charge >= 0.3 is 5.69 Å². The van der Waals surface area contributed by atoms with Crippen LogP contribution in [0.15, 0.2) is 4.79 Å². The molecule has 2 aliphatic rings. The maximum atomic E-state index is 12.5. The molecule has 1 aliphatic heterocycles. The molecule has 3 heterocycles. The van der Waals surface area contributed by atoms with E-state index in [0.717, 1.165) is 56.4 Å². The van der Waals surface area contributed by atoms with Gasteiger partial charge in [-0.2, -0.15) is 10.2 Å². The second-order valence-corrected chi connectivity index (χ2v) is 6.91. The van der Waals surface area contributed by atoms with E-state index in [2.05, 4.69) is 27.1 Å². The van der Waals surface area contributed by atoms with E-state index in [9.17, 15) is 4.79 Å². The van der Waals surface area contributed by atoms with Gasteiger partial charge in [0, 0.05) is 50.4 Å². The molecular weight excluding hydrogens is 292 g/mol. The van der Waals surface area contributed by atoms with E-state index in [1.165, 1.54) is 18.4 Å². The minimum Gasteiger partial charge on any atom is -0.297 e. The molecule has 2 aromatic rings. The average Bonchev–Trinajstić information content (AvgIpc) is 3.27. The summed E-state index contributed by atoms with van der Waals surface area (Å²) in [7, 11) is 0. The fourth-order valence-corrected chi connectivity index (χ4v) is 3.36. The van der Waals surface area contributed by atoms with Gasteiger partial charge in [0.2, 0.25) is 0 Å². The van der Waals surface area contributed by atoms with Crippen LogP contribution in [0, 0.1) is 19.8 Å². The third-order valence-corrected chi connectivity index (χ3v) is 5.08. The number of nitrogens with zero attached hydrogens (tertiary/aromatic N) is 5. The maximum absolute atomic E-state index is 12.5. The molecule has 23 heavy (non-hydrogen) atoms. The van der Waals surface area contributed by atoms with Crippen LogP contribution in [-0.2, 0) is 26.1 Å². The van der Waals surface area contributed by atoms with Crippen molar-refractivity contribution in [1.82, 2.24) is 29.4 Å². The standard InChI is InChI=1S/C16H24N6O/c1-11-14(12(2)18-17-11)10-20-6-5-15-19-22(9-13-3-4-13)16(23)21(15)8-7-20/h13H,3-10H2,1-2H3,(H,17,18). The van der Waals surface area contributed by atoms with E-state index in [0.29, 0.717) is 5.92 Å². The fraction of sp³-hybridized carbons (Fsp3) is 0.688. The van der Waals surface area contributed by atoms with E-state index in [1.807, 2.05) is 11.5 Å². The van der Waals surface area contributed by atoms with Crippen molar-refractivity contribution in [2.45, 2.75) is 52.7 Å². The van der Waals surface area contributed by atoms with Crippen LogP contribution in [0.3, 0.4) is 0 Å². The second-order valence-electron chi connectivity index (χ2n) is 6.91. The first-order chi connectivity index (χ1) is 11.1. The van der Waals surface area contributed by atoms with E-state index in [4.69, 9.17) is 0 Å². The van der Waals surface area contributed by atoms with Crippen LogP contribution >= 0.6 is 0 Å². The topological polar surface area (TPSA) is 71.7 Å². The van der Waals surface area contributed by atoms with Crippen molar-refractivity contribution in [1.29, 1.82) is 0 Å². The van der Waals surface area contributed by atoms with Gasteiger partial charge in [0.1, 0.15) is 5.82 Å². The first-order valence-electron chi connectivity index (χ1n) is 8.51. The number of H-pyrrole nitrogens is 1. The molecule has 0 unspecified atom stereocenters. The minimum atomic E-state index is 0.0735. The lowest BCUT2D eigenvalue weighted by atomic mass is 10.2. The van der Waals surface area contributed by atoms with Crippen LogP contribution in [0.25, 0.3) is 0 Å². The summed E-state index contributed by atoms with van der Waals surface area (Å²) in [5, 5.41) is 11.9. The highest BCUT2D eigenvalue weighted by molar-refractivity contribution is 5.22. The molecule has 7 nitrogen and oxygen atoms in total. The van der Waals surface area contributed by atoms with Gasteiger partial charge < -0.3 is 0 Å². The van der Waals surface area contributed by atoms with Gasteiger partial charge in [0.15, 0.2) is 0 Å². The summed E-state index contributed by atoms with van der Waals surface area (Å²) in [6.45, 7) is 8.34. The van der Waals surface area contributed by atoms with E-state index < -0.39 is 0 Å². The van der Waals surface area contributed by atoms with Crippen molar-refractivity contribution < 1.29 is 0 Å². The molecule has 0 saturated heterocycles. The van der Waals surface area contributed by atoms with Crippen LogP contribution in [-0.4, -0.2) is 42.5 Å². The summed E-state index contributed by atoms with van der Waals surface area (Å²) in [5.74, 6) is 1.62. The predicted molar refractivity (Wildman–Crippen MR) is 86.3 cm³/mol. The molecule has 0 atom stereocenters. The van der Waals surface area contributed by atoms with Crippen molar-refractivity contribution in [3.63, 3.8) is 0 Å². The Bertz CT molecular complexity index is 747. The number of hydrogen-bond acceptors (Lipinski definition) is 4. The summed E-state index contributed by atoms with van der Waals surface area (Å²) in [6.07, 6.45) is 3.32. The Hall–Kier alpha value is -1.89. The van der Waals surface area contributed by atoms with Crippen molar-refractivity contribution >= 4 is 0 Å². The average molecular weight is 316 g/mol. The van der Waals surface area contributed by atoms with Crippen LogP contribution in [0.1, 0.15) is 35.6 Å². The Morgan fingerprint density at radius 2 is 2.04 bits per heavy atom. The normalized spacial score (nSPS) is 18.9. The molecule has 1 saturated carbocycles. The quantitative estimate of drug-likeness (QED) is 0.908. The molecule has 2 aromatic heterocycles. The lowest BCUT2D eigenvalue weighted by molar-refractivity contribution is 0.268.